The van der Waals surface area contributed by atoms with Gasteiger partial charge in [-0.15, -0.1) is 0 Å². The van der Waals surface area contributed by atoms with Crippen LogP contribution in [-0.2, 0) is 0 Å². The molecule has 0 spiro atoms. The van der Waals surface area contributed by atoms with E-state index in [4.69, 9.17) is 0 Å². The van der Waals surface area contributed by atoms with Crippen molar-refractivity contribution in [3.63, 3.8) is 0 Å². The minimum Gasteiger partial charge on any atom is -0.315 e. The molecular formula is C9H18N2S. The zero-order valence-electron chi connectivity index (χ0n) is 7.68. The van der Waals surface area contributed by atoms with E-state index in [1.165, 1.54) is 31.0 Å². The largest absolute Gasteiger partial charge is 0.315 e. The first kappa shape index (κ1) is 8.85. The van der Waals surface area contributed by atoms with Crippen LogP contribution >= 0.6 is 11.8 Å². The molecule has 3 heteroatoms. The summed E-state index contributed by atoms with van der Waals surface area (Å²) in [4.78, 5) is 0. The Morgan fingerprint density at radius 3 is 2.92 bits per heavy atom. The van der Waals surface area contributed by atoms with Crippen LogP contribution in [0.4, 0.5) is 0 Å². The molecule has 0 radical (unpaired) electrons. The molecule has 0 aromatic heterocycles. The van der Waals surface area contributed by atoms with E-state index in [9.17, 15) is 0 Å². The zero-order chi connectivity index (χ0) is 8.39. The molecular weight excluding hydrogens is 168 g/mol. The molecule has 3 atom stereocenters. The topological polar surface area (TPSA) is 24.1 Å². The maximum Gasteiger partial charge on any atom is 0.0207 e. The third-order valence-electron chi connectivity index (χ3n) is 2.88. The van der Waals surface area contributed by atoms with Gasteiger partial charge < -0.3 is 10.6 Å². The molecule has 2 nitrogen and oxygen atoms in total. The van der Waals surface area contributed by atoms with Gasteiger partial charge in [0.1, 0.15) is 0 Å². The molecule has 70 valence electrons. The summed E-state index contributed by atoms with van der Waals surface area (Å²) in [5.41, 5.74) is 0. The summed E-state index contributed by atoms with van der Waals surface area (Å²) in [7, 11) is 0. The van der Waals surface area contributed by atoms with Gasteiger partial charge >= 0.3 is 0 Å². The lowest BCUT2D eigenvalue weighted by Crippen LogP contribution is -2.42. The Kier molecular flexibility index (Phi) is 2.94. The van der Waals surface area contributed by atoms with Crippen molar-refractivity contribution in [2.45, 2.75) is 25.4 Å². The Balaban J connectivity index is 1.77. The van der Waals surface area contributed by atoms with E-state index >= 15 is 0 Å². The molecule has 2 aliphatic heterocycles. The molecule has 0 saturated carbocycles. The van der Waals surface area contributed by atoms with E-state index in [-0.39, 0.29) is 0 Å². The smallest absolute Gasteiger partial charge is 0.0207 e. The first-order valence-corrected chi connectivity index (χ1v) is 6.06. The molecule has 0 aromatic rings. The van der Waals surface area contributed by atoms with Crippen LogP contribution < -0.4 is 10.6 Å². The fraction of sp³-hybridized carbons (Fsp3) is 1.00. The predicted octanol–water partition coefficient (Wildman–Crippen LogP) is 0.689. The Labute approximate surface area is 78.9 Å². The molecule has 2 N–H and O–H groups in total. The number of rotatable bonds is 2. The van der Waals surface area contributed by atoms with Crippen molar-refractivity contribution < 1.29 is 0 Å². The Morgan fingerprint density at radius 2 is 2.33 bits per heavy atom. The van der Waals surface area contributed by atoms with Gasteiger partial charge in [0.15, 0.2) is 0 Å². The van der Waals surface area contributed by atoms with Crippen molar-refractivity contribution in [1.82, 2.24) is 10.6 Å². The average Bonchev–Trinajstić information content (AvgIpc) is 2.65. The molecule has 2 saturated heterocycles. The van der Waals surface area contributed by atoms with Gasteiger partial charge in [-0.3, -0.25) is 0 Å². The van der Waals surface area contributed by atoms with Gasteiger partial charge in [-0.05, 0) is 24.6 Å². The predicted molar refractivity (Wildman–Crippen MR) is 54.7 cm³/mol. The van der Waals surface area contributed by atoms with Crippen molar-refractivity contribution in [2.75, 3.05) is 24.6 Å². The summed E-state index contributed by atoms with van der Waals surface area (Å²) in [6, 6.07) is 1.52. The van der Waals surface area contributed by atoms with Gasteiger partial charge in [0.05, 0.1) is 0 Å². The zero-order valence-corrected chi connectivity index (χ0v) is 8.49. The summed E-state index contributed by atoms with van der Waals surface area (Å²) in [5.74, 6) is 3.53. The summed E-state index contributed by atoms with van der Waals surface area (Å²) in [5, 5.41) is 7.14. The van der Waals surface area contributed by atoms with Crippen LogP contribution in [0.1, 0.15) is 13.3 Å². The molecule has 3 unspecified atom stereocenters. The molecule has 12 heavy (non-hydrogen) atoms. The van der Waals surface area contributed by atoms with Crippen molar-refractivity contribution >= 4 is 11.8 Å². The average molecular weight is 186 g/mol. The number of hydrogen-bond donors (Lipinski definition) is 2. The molecule has 0 amide bonds. The van der Waals surface area contributed by atoms with Crippen LogP contribution in [0.3, 0.4) is 0 Å². The fourth-order valence-corrected chi connectivity index (χ4v) is 3.39. The van der Waals surface area contributed by atoms with Gasteiger partial charge in [-0.25, -0.2) is 0 Å². The highest BCUT2D eigenvalue weighted by Gasteiger charge is 2.26. The highest BCUT2D eigenvalue weighted by atomic mass is 32.2. The Morgan fingerprint density at radius 1 is 1.42 bits per heavy atom. The Hall–Kier alpha value is 0.270. The lowest BCUT2D eigenvalue weighted by atomic mass is 10.1. The van der Waals surface area contributed by atoms with Crippen LogP contribution in [-0.4, -0.2) is 36.7 Å². The van der Waals surface area contributed by atoms with Crippen LogP contribution in [0, 0.1) is 5.92 Å². The second-order valence-electron chi connectivity index (χ2n) is 3.98. The standard InChI is InChI=1S/C9H18N2S/c1-7-5-12-6-9(7)11-8-2-3-10-4-8/h7-11H,2-6H2,1H3. The van der Waals surface area contributed by atoms with Gasteiger partial charge in [0.2, 0.25) is 0 Å². The van der Waals surface area contributed by atoms with Gasteiger partial charge in [-0.1, -0.05) is 6.92 Å². The van der Waals surface area contributed by atoms with Crippen molar-refractivity contribution in [3.05, 3.63) is 0 Å². The summed E-state index contributed by atoms with van der Waals surface area (Å²) < 4.78 is 0. The van der Waals surface area contributed by atoms with Gasteiger partial charge in [0.25, 0.3) is 0 Å². The van der Waals surface area contributed by atoms with Gasteiger partial charge in [-0.2, -0.15) is 11.8 Å². The molecule has 0 aromatic carbocycles. The van der Waals surface area contributed by atoms with Crippen LogP contribution in [0.5, 0.6) is 0 Å². The first-order valence-electron chi connectivity index (χ1n) is 4.91. The van der Waals surface area contributed by atoms with E-state index in [1.54, 1.807) is 0 Å². The van der Waals surface area contributed by atoms with Crippen molar-refractivity contribution in [2.24, 2.45) is 5.92 Å². The molecule has 2 aliphatic rings. The van der Waals surface area contributed by atoms with Gasteiger partial charge in [0, 0.05) is 24.4 Å². The third-order valence-corrected chi connectivity index (χ3v) is 4.23. The summed E-state index contributed by atoms with van der Waals surface area (Å²) in [6.45, 7) is 4.74. The molecule has 2 rings (SSSR count). The third kappa shape index (κ3) is 1.95. The van der Waals surface area contributed by atoms with Crippen molar-refractivity contribution in [3.8, 4) is 0 Å². The van der Waals surface area contributed by atoms with E-state index in [0.29, 0.717) is 0 Å². The second kappa shape index (κ2) is 3.99. The summed E-state index contributed by atoms with van der Waals surface area (Å²) >= 11 is 2.09. The van der Waals surface area contributed by atoms with E-state index in [2.05, 4.69) is 29.3 Å². The number of hydrogen-bond acceptors (Lipinski definition) is 3. The highest BCUT2D eigenvalue weighted by Crippen LogP contribution is 2.24. The monoisotopic (exact) mass is 186 g/mol. The minimum absolute atomic E-state index is 0.746. The number of nitrogens with one attached hydrogen (secondary N) is 2. The van der Waals surface area contributed by atoms with E-state index in [1.807, 2.05) is 0 Å². The van der Waals surface area contributed by atoms with Crippen molar-refractivity contribution in [1.29, 1.82) is 0 Å². The lowest BCUT2D eigenvalue weighted by Gasteiger charge is -2.20. The highest BCUT2D eigenvalue weighted by molar-refractivity contribution is 7.99. The maximum absolute atomic E-state index is 3.74. The normalized spacial score (nSPS) is 42.2. The number of thioether (sulfide) groups is 1. The fourth-order valence-electron chi connectivity index (χ4n) is 1.97. The molecule has 0 aliphatic carbocycles. The molecule has 2 heterocycles. The molecule has 2 fully saturated rings. The SMILES string of the molecule is CC1CSCC1NC1CCNC1. The Bertz CT molecular complexity index is 145. The van der Waals surface area contributed by atoms with Crippen LogP contribution in [0.15, 0.2) is 0 Å². The minimum atomic E-state index is 0.746. The first-order chi connectivity index (χ1) is 5.86. The quantitative estimate of drug-likeness (QED) is 0.663. The molecule has 0 bridgehead atoms. The summed E-state index contributed by atoms with van der Waals surface area (Å²) in [6.07, 6.45) is 1.31. The van der Waals surface area contributed by atoms with E-state index < -0.39 is 0 Å². The van der Waals surface area contributed by atoms with E-state index in [0.717, 1.165) is 18.0 Å². The lowest BCUT2D eigenvalue weighted by molar-refractivity contribution is 0.404. The van der Waals surface area contributed by atoms with Crippen LogP contribution in [0.2, 0.25) is 0 Å². The van der Waals surface area contributed by atoms with Crippen LogP contribution in [0.25, 0.3) is 0 Å². The second-order valence-corrected chi connectivity index (χ2v) is 5.05. The maximum atomic E-state index is 3.74.